The maximum Gasteiger partial charge on any atom is 0.323 e. The van der Waals surface area contributed by atoms with Crippen molar-refractivity contribution >= 4 is 5.97 Å². The number of rotatable bonds is 1. The van der Waals surface area contributed by atoms with Gasteiger partial charge in [-0.25, -0.2) is 0 Å². The van der Waals surface area contributed by atoms with Crippen LogP contribution in [0.15, 0.2) is 0 Å². The zero-order valence-electron chi connectivity index (χ0n) is 6.54. The van der Waals surface area contributed by atoms with E-state index in [0.717, 1.165) is 0 Å². The second-order valence-electron chi connectivity index (χ2n) is 3.10. The highest BCUT2D eigenvalue weighted by molar-refractivity contribution is 5.78. The van der Waals surface area contributed by atoms with E-state index in [-0.39, 0.29) is 6.10 Å². The minimum atomic E-state index is -1.06. The third-order valence-electron chi connectivity index (χ3n) is 2.03. The van der Waals surface area contributed by atoms with Crippen LogP contribution in [0.5, 0.6) is 0 Å². The molecular formula is C7H13NO3. The first-order valence-corrected chi connectivity index (χ1v) is 3.68. The fourth-order valence-corrected chi connectivity index (χ4v) is 1.31. The number of carboxylic acid groups (broad SMARTS) is 1. The lowest BCUT2D eigenvalue weighted by Gasteiger charge is -2.32. The van der Waals surface area contributed by atoms with Gasteiger partial charge >= 0.3 is 5.97 Å². The van der Waals surface area contributed by atoms with Gasteiger partial charge in [-0.3, -0.25) is 4.79 Å². The first-order chi connectivity index (χ1) is 5.04. The van der Waals surface area contributed by atoms with Crippen LogP contribution in [0.25, 0.3) is 0 Å². The van der Waals surface area contributed by atoms with Crippen LogP contribution in [-0.4, -0.2) is 29.3 Å². The molecule has 0 aromatic rings. The Balaban J connectivity index is 2.63. The summed E-state index contributed by atoms with van der Waals surface area (Å²) in [6.07, 6.45) is 0.777. The van der Waals surface area contributed by atoms with Crippen molar-refractivity contribution in [3.8, 4) is 0 Å². The normalized spacial score (nSPS) is 38.5. The molecule has 1 saturated heterocycles. The van der Waals surface area contributed by atoms with Crippen molar-refractivity contribution in [1.29, 1.82) is 0 Å². The number of ether oxygens (including phenoxy) is 1. The number of hydrogen-bond donors (Lipinski definition) is 2. The van der Waals surface area contributed by atoms with E-state index < -0.39 is 11.5 Å². The van der Waals surface area contributed by atoms with Crippen molar-refractivity contribution in [2.45, 2.75) is 31.4 Å². The van der Waals surface area contributed by atoms with Crippen LogP contribution in [0.2, 0.25) is 0 Å². The van der Waals surface area contributed by atoms with Crippen LogP contribution in [0.1, 0.15) is 19.8 Å². The Hall–Kier alpha value is -0.610. The zero-order chi connectivity index (χ0) is 8.48. The van der Waals surface area contributed by atoms with Gasteiger partial charge < -0.3 is 15.6 Å². The van der Waals surface area contributed by atoms with Crippen LogP contribution in [0, 0.1) is 0 Å². The Labute approximate surface area is 65.3 Å². The Morgan fingerprint density at radius 1 is 1.82 bits per heavy atom. The highest BCUT2D eigenvalue weighted by atomic mass is 16.5. The van der Waals surface area contributed by atoms with E-state index in [1.54, 1.807) is 0 Å². The minimum Gasteiger partial charge on any atom is -0.480 e. The molecule has 0 spiro atoms. The summed E-state index contributed by atoms with van der Waals surface area (Å²) in [6.45, 7) is 2.29. The molecule has 1 fully saturated rings. The third-order valence-corrected chi connectivity index (χ3v) is 2.03. The van der Waals surface area contributed by atoms with Crippen molar-refractivity contribution in [2.24, 2.45) is 5.73 Å². The van der Waals surface area contributed by atoms with E-state index in [1.807, 2.05) is 6.92 Å². The summed E-state index contributed by atoms with van der Waals surface area (Å²) in [5, 5.41) is 8.73. The third kappa shape index (κ3) is 1.70. The standard InChI is InChI=1S/C7H13NO3/c1-5-4-7(8,6(9)10)2-3-11-5/h5H,2-4,8H2,1H3,(H,9,10). The molecule has 1 heterocycles. The first kappa shape index (κ1) is 8.49. The van der Waals surface area contributed by atoms with Crippen molar-refractivity contribution in [2.75, 3.05) is 6.61 Å². The van der Waals surface area contributed by atoms with Gasteiger partial charge in [0.1, 0.15) is 5.54 Å². The molecule has 0 saturated carbocycles. The van der Waals surface area contributed by atoms with Gasteiger partial charge in [-0.15, -0.1) is 0 Å². The van der Waals surface area contributed by atoms with Gasteiger partial charge in [0.25, 0.3) is 0 Å². The molecule has 0 bridgehead atoms. The van der Waals surface area contributed by atoms with Crippen molar-refractivity contribution in [3.63, 3.8) is 0 Å². The van der Waals surface area contributed by atoms with E-state index in [1.165, 1.54) is 0 Å². The average Bonchev–Trinajstić information content (AvgIpc) is 1.86. The molecule has 2 unspecified atom stereocenters. The lowest BCUT2D eigenvalue weighted by atomic mass is 9.88. The van der Waals surface area contributed by atoms with Gasteiger partial charge in [-0.1, -0.05) is 0 Å². The number of hydrogen-bond acceptors (Lipinski definition) is 3. The summed E-state index contributed by atoms with van der Waals surface area (Å²) >= 11 is 0. The van der Waals surface area contributed by atoms with E-state index in [2.05, 4.69) is 0 Å². The first-order valence-electron chi connectivity index (χ1n) is 3.68. The molecule has 0 aromatic carbocycles. The number of nitrogens with two attached hydrogens (primary N) is 1. The Morgan fingerprint density at radius 2 is 2.45 bits per heavy atom. The largest absolute Gasteiger partial charge is 0.480 e. The lowest BCUT2D eigenvalue weighted by Crippen LogP contribution is -2.53. The van der Waals surface area contributed by atoms with Crippen molar-refractivity contribution in [3.05, 3.63) is 0 Å². The Morgan fingerprint density at radius 3 is 2.82 bits per heavy atom. The summed E-state index contributed by atoms with van der Waals surface area (Å²) in [4.78, 5) is 10.6. The van der Waals surface area contributed by atoms with Gasteiger partial charge in [-0.2, -0.15) is 0 Å². The number of aliphatic carboxylic acids is 1. The fraction of sp³-hybridized carbons (Fsp3) is 0.857. The van der Waals surface area contributed by atoms with Crippen LogP contribution in [0.4, 0.5) is 0 Å². The quantitative estimate of drug-likeness (QED) is 0.563. The molecule has 11 heavy (non-hydrogen) atoms. The zero-order valence-corrected chi connectivity index (χ0v) is 6.54. The second kappa shape index (κ2) is 2.79. The molecule has 4 nitrogen and oxygen atoms in total. The molecule has 1 aliphatic rings. The van der Waals surface area contributed by atoms with Gasteiger partial charge in [0.05, 0.1) is 6.10 Å². The topological polar surface area (TPSA) is 72.6 Å². The van der Waals surface area contributed by atoms with Crippen LogP contribution < -0.4 is 5.73 Å². The predicted octanol–water partition coefficient (Wildman–Crippen LogP) is -0.0326. The number of carbonyl (C=O) groups is 1. The van der Waals surface area contributed by atoms with E-state index in [0.29, 0.717) is 19.4 Å². The molecule has 4 heteroatoms. The van der Waals surface area contributed by atoms with Crippen LogP contribution >= 0.6 is 0 Å². The summed E-state index contributed by atoms with van der Waals surface area (Å²) in [6, 6.07) is 0. The monoisotopic (exact) mass is 159 g/mol. The van der Waals surface area contributed by atoms with Crippen molar-refractivity contribution < 1.29 is 14.6 Å². The second-order valence-corrected chi connectivity index (χ2v) is 3.10. The van der Waals surface area contributed by atoms with Gasteiger partial charge in [0.15, 0.2) is 0 Å². The van der Waals surface area contributed by atoms with Gasteiger partial charge in [0, 0.05) is 13.0 Å². The summed E-state index contributed by atoms with van der Waals surface area (Å²) in [7, 11) is 0. The predicted molar refractivity (Wildman–Crippen MR) is 39.2 cm³/mol. The molecule has 64 valence electrons. The average molecular weight is 159 g/mol. The molecule has 3 N–H and O–H groups in total. The molecule has 1 rings (SSSR count). The molecule has 2 atom stereocenters. The maximum absolute atomic E-state index is 10.6. The highest BCUT2D eigenvalue weighted by Crippen LogP contribution is 2.22. The molecule has 0 radical (unpaired) electrons. The molecule has 0 aliphatic carbocycles. The smallest absolute Gasteiger partial charge is 0.323 e. The Kier molecular flexibility index (Phi) is 2.15. The SMILES string of the molecule is CC1CC(N)(C(=O)O)CCO1. The summed E-state index contributed by atoms with van der Waals surface area (Å²) < 4.78 is 5.18. The van der Waals surface area contributed by atoms with E-state index in [4.69, 9.17) is 15.6 Å². The van der Waals surface area contributed by atoms with Crippen molar-refractivity contribution in [1.82, 2.24) is 0 Å². The highest BCUT2D eigenvalue weighted by Gasteiger charge is 2.38. The Bertz CT molecular complexity index is 171. The van der Waals surface area contributed by atoms with E-state index >= 15 is 0 Å². The molecule has 0 amide bonds. The summed E-state index contributed by atoms with van der Waals surface area (Å²) in [5.41, 5.74) is 4.55. The maximum atomic E-state index is 10.6. The lowest BCUT2D eigenvalue weighted by molar-refractivity contribution is -0.149. The van der Waals surface area contributed by atoms with Crippen LogP contribution in [-0.2, 0) is 9.53 Å². The molecule has 0 aromatic heterocycles. The molecular weight excluding hydrogens is 146 g/mol. The molecule has 1 aliphatic heterocycles. The van der Waals surface area contributed by atoms with Gasteiger partial charge in [-0.05, 0) is 13.3 Å². The van der Waals surface area contributed by atoms with E-state index in [9.17, 15) is 4.79 Å². The fourth-order valence-electron chi connectivity index (χ4n) is 1.31. The van der Waals surface area contributed by atoms with Crippen LogP contribution in [0.3, 0.4) is 0 Å². The van der Waals surface area contributed by atoms with Gasteiger partial charge in [0.2, 0.25) is 0 Å². The summed E-state index contributed by atoms with van der Waals surface area (Å²) in [5.74, 6) is -0.923. The minimum absolute atomic E-state index is 0.0372. The number of carboxylic acids is 1.